The van der Waals surface area contributed by atoms with E-state index in [2.05, 4.69) is 80.6 Å². The molecule has 3 aromatic rings. The summed E-state index contributed by atoms with van der Waals surface area (Å²) in [4.78, 5) is 8.43. The molecular weight excluding hydrogens is 334 g/mol. The Hall–Kier alpha value is -3.08. The van der Waals surface area contributed by atoms with E-state index in [0.717, 1.165) is 25.6 Å². The van der Waals surface area contributed by atoms with Crippen molar-refractivity contribution in [1.29, 1.82) is 0 Å². The molecule has 1 atom stereocenters. The summed E-state index contributed by atoms with van der Waals surface area (Å²) in [7, 11) is 1.80. The molecule has 0 aliphatic carbocycles. The Morgan fingerprint density at radius 2 is 1.89 bits per heavy atom. The third kappa shape index (κ3) is 5.71. The summed E-state index contributed by atoms with van der Waals surface area (Å²) in [5.41, 5.74) is 3.81. The Kier molecular flexibility index (Phi) is 6.63. The second-order valence-electron chi connectivity index (χ2n) is 6.67. The molecule has 2 N–H and O–H groups in total. The number of benzene rings is 2. The predicted molar refractivity (Wildman–Crippen MR) is 111 cm³/mol. The van der Waals surface area contributed by atoms with Crippen LogP contribution in [-0.2, 0) is 13.1 Å². The molecule has 0 radical (unpaired) electrons. The van der Waals surface area contributed by atoms with Crippen LogP contribution in [0.3, 0.4) is 0 Å². The van der Waals surface area contributed by atoms with E-state index in [4.69, 9.17) is 0 Å². The summed E-state index contributed by atoms with van der Waals surface area (Å²) >= 11 is 0. The van der Waals surface area contributed by atoms with Crippen LogP contribution in [0.2, 0.25) is 0 Å². The third-order valence-corrected chi connectivity index (χ3v) is 4.54. The van der Waals surface area contributed by atoms with Gasteiger partial charge < -0.3 is 15.2 Å². The molecule has 1 unspecified atom stereocenters. The van der Waals surface area contributed by atoms with Gasteiger partial charge in [0.05, 0.1) is 6.33 Å². The highest BCUT2D eigenvalue weighted by molar-refractivity contribution is 5.79. The zero-order valence-electron chi connectivity index (χ0n) is 16.0. The first kappa shape index (κ1) is 18.7. The van der Waals surface area contributed by atoms with Crippen LogP contribution in [-0.4, -0.2) is 29.1 Å². The van der Waals surface area contributed by atoms with E-state index in [1.165, 1.54) is 16.7 Å². The molecule has 0 fully saturated rings. The fraction of sp³-hybridized carbons (Fsp3) is 0.273. The van der Waals surface area contributed by atoms with Crippen molar-refractivity contribution in [3.05, 3.63) is 90.0 Å². The maximum absolute atomic E-state index is 4.33. The number of guanidine groups is 1. The van der Waals surface area contributed by atoms with Gasteiger partial charge in [-0.15, -0.1) is 0 Å². The number of hydrogen-bond acceptors (Lipinski definition) is 2. The van der Waals surface area contributed by atoms with Crippen LogP contribution < -0.4 is 10.6 Å². The number of nitrogens with one attached hydrogen (secondary N) is 2. The lowest BCUT2D eigenvalue weighted by Gasteiger charge is -2.16. The summed E-state index contributed by atoms with van der Waals surface area (Å²) in [6, 6.07) is 19.1. The van der Waals surface area contributed by atoms with Gasteiger partial charge in [-0.05, 0) is 22.6 Å². The van der Waals surface area contributed by atoms with Crippen molar-refractivity contribution in [3.63, 3.8) is 0 Å². The van der Waals surface area contributed by atoms with Gasteiger partial charge in [0.25, 0.3) is 0 Å². The van der Waals surface area contributed by atoms with Gasteiger partial charge in [0.15, 0.2) is 5.96 Å². The van der Waals surface area contributed by atoms with Gasteiger partial charge in [-0.25, -0.2) is 4.98 Å². The molecule has 140 valence electrons. The molecule has 2 aromatic carbocycles. The summed E-state index contributed by atoms with van der Waals surface area (Å²) in [6.45, 7) is 4.62. The van der Waals surface area contributed by atoms with E-state index >= 15 is 0 Å². The van der Waals surface area contributed by atoms with E-state index in [0.29, 0.717) is 5.92 Å². The van der Waals surface area contributed by atoms with Crippen molar-refractivity contribution in [3.8, 4) is 0 Å². The molecule has 0 amide bonds. The van der Waals surface area contributed by atoms with Gasteiger partial charge in [-0.3, -0.25) is 4.99 Å². The minimum Gasteiger partial charge on any atom is -0.356 e. The number of aromatic nitrogens is 2. The summed E-state index contributed by atoms with van der Waals surface area (Å²) < 4.78 is 2.07. The van der Waals surface area contributed by atoms with Crippen LogP contribution in [0, 0.1) is 0 Å². The van der Waals surface area contributed by atoms with Crippen molar-refractivity contribution in [2.75, 3.05) is 13.6 Å². The molecule has 0 aliphatic rings. The second-order valence-corrected chi connectivity index (χ2v) is 6.67. The van der Waals surface area contributed by atoms with E-state index in [1.807, 2.05) is 18.6 Å². The van der Waals surface area contributed by atoms with Crippen molar-refractivity contribution in [2.24, 2.45) is 4.99 Å². The number of imidazole rings is 1. The van der Waals surface area contributed by atoms with Gasteiger partial charge in [0.2, 0.25) is 0 Å². The Balaban J connectivity index is 1.50. The average Bonchev–Trinajstić information content (AvgIpc) is 3.22. The fourth-order valence-corrected chi connectivity index (χ4v) is 2.98. The lowest BCUT2D eigenvalue weighted by atomic mass is 10.0. The van der Waals surface area contributed by atoms with E-state index in [-0.39, 0.29) is 0 Å². The smallest absolute Gasteiger partial charge is 0.191 e. The van der Waals surface area contributed by atoms with Crippen LogP contribution in [0.5, 0.6) is 0 Å². The van der Waals surface area contributed by atoms with Crippen LogP contribution in [0.1, 0.15) is 29.5 Å². The Bertz CT molecular complexity index is 840. The van der Waals surface area contributed by atoms with Gasteiger partial charge in [-0.2, -0.15) is 0 Å². The molecule has 0 spiro atoms. The van der Waals surface area contributed by atoms with Crippen molar-refractivity contribution in [1.82, 2.24) is 20.2 Å². The molecular formula is C22H27N5. The second kappa shape index (κ2) is 9.57. The average molecular weight is 361 g/mol. The lowest BCUT2D eigenvalue weighted by molar-refractivity contribution is 0.698. The van der Waals surface area contributed by atoms with Crippen molar-refractivity contribution < 1.29 is 0 Å². The number of rotatable bonds is 7. The molecule has 3 rings (SSSR count). The SMILES string of the molecule is CN=C(NCc1cccc(Cn2ccnc2)c1)NCC(C)c1ccccc1. The molecule has 0 aliphatic heterocycles. The maximum Gasteiger partial charge on any atom is 0.191 e. The first-order valence-electron chi connectivity index (χ1n) is 9.27. The predicted octanol–water partition coefficient (Wildman–Crippen LogP) is 3.40. The highest BCUT2D eigenvalue weighted by atomic mass is 15.2. The van der Waals surface area contributed by atoms with Crippen LogP contribution in [0.25, 0.3) is 0 Å². The minimum absolute atomic E-state index is 0.420. The topological polar surface area (TPSA) is 54.2 Å². The fourth-order valence-electron chi connectivity index (χ4n) is 2.98. The van der Waals surface area contributed by atoms with Gasteiger partial charge in [-0.1, -0.05) is 61.5 Å². The summed E-state index contributed by atoms with van der Waals surface area (Å²) in [5, 5.41) is 6.81. The van der Waals surface area contributed by atoms with Crippen LogP contribution in [0.15, 0.2) is 78.3 Å². The van der Waals surface area contributed by atoms with E-state index < -0.39 is 0 Å². The summed E-state index contributed by atoms with van der Waals surface area (Å²) in [5.74, 6) is 1.24. The molecule has 1 aromatic heterocycles. The minimum atomic E-state index is 0.420. The van der Waals surface area contributed by atoms with E-state index in [1.54, 1.807) is 13.2 Å². The lowest BCUT2D eigenvalue weighted by Crippen LogP contribution is -2.38. The Morgan fingerprint density at radius 3 is 2.63 bits per heavy atom. The molecule has 0 saturated carbocycles. The first-order chi connectivity index (χ1) is 13.2. The van der Waals surface area contributed by atoms with Crippen LogP contribution in [0.4, 0.5) is 0 Å². The molecule has 5 nitrogen and oxygen atoms in total. The standard InChI is InChI=1S/C22H27N5/c1-18(21-9-4-3-5-10-21)14-25-22(23-2)26-15-19-7-6-8-20(13-19)16-27-12-11-24-17-27/h3-13,17-18H,14-16H2,1-2H3,(H2,23,25,26). The summed E-state index contributed by atoms with van der Waals surface area (Å²) in [6.07, 6.45) is 5.62. The molecule has 0 bridgehead atoms. The number of aliphatic imine (C=N–C) groups is 1. The highest BCUT2D eigenvalue weighted by Crippen LogP contribution is 2.13. The Morgan fingerprint density at radius 1 is 1.07 bits per heavy atom. The van der Waals surface area contributed by atoms with Crippen LogP contribution >= 0.6 is 0 Å². The molecule has 1 heterocycles. The highest BCUT2D eigenvalue weighted by Gasteiger charge is 2.06. The number of nitrogens with zero attached hydrogens (tertiary/aromatic N) is 3. The van der Waals surface area contributed by atoms with Crippen molar-refractivity contribution >= 4 is 5.96 Å². The molecule has 0 saturated heterocycles. The largest absolute Gasteiger partial charge is 0.356 e. The third-order valence-electron chi connectivity index (χ3n) is 4.54. The molecule has 27 heavy (non-hydrogen) atoms. The Labute approximate surface area is 161 Å². The van der Waals surface area contributed by atoms with Gasteiger partial charge in [0, 0.05) is 39.1 Å². The molecule has 5 heteroatoms. The van der Waals surface area contributed by atoms with Gasteiger partial charge >= 0.3 is 0 Å². The first-order valence-corrected chi connectivity index (χ1v) is 9.27. The quantitative estimate of drug-likeness (QED) is 0.501. The number of hydrogen-bond donors (Lipinski definition) is 2. The normalized spacial score (nSPS) is 12.6. The van der Waals surface area contributed by atoms with Gasteiger partial charge in [0.1, 0.15) is 0 Å². The monoisotopic (exact) mass is 361 g/mol. The zero-order chi connectivity index (χ0) is 18.9. The zero-order valence-corrected chi connectivity index (χ0v) is 16.0. The van der Waals surface area contributed by atoms with Crippen molar-refractivity contribution in [2.45, 2.75) is 25.9 Å². The maximum atomic E-state index is 4.33. The van der Waals surface area contributed by atoms with E-state index in [9.17, 15) is 0 Å².